The monoisotopic (exact) mass is 330 g/mol. The number of rotatable bonds is 4. The molecule has 0 radical (unpaired) electrons. The number of aryl methyl sites for hydroxylation is 2. The Balaban J connectivity index is 0.00000220. The first-order valence-corrected chi connectivity index (χ1v) is 7.98. The molecule has 2 heterocycles. The van der Waals surface area contributed by atoms with Crippen molar-refractivity contribution < 1.29 is 9.59 Å². The highest BCUT2D eigenvalue weighted by Crippen LogP contribution is 2.22. The second-order valence-corrected chi connectivity index (χ2v) is 6.69. The van der Waals surface area contributed by atoms with Crippen molar-refractivity contribution in [3.8, 4) is 0 Å². The average Bonchev–Trinajstić information content (AvgIpc) is 2.65. The lowest BCUT2D eigenvalue weighted by Crippen LogP contribution is -2.34. The number of halogens is 1. The van der Waals surface area contributed by atoms with Gasteiger partial charge in [-0.05, 0) is 32.9 Å². The Morgan fingerprint density at radius 3 is 2.67 bits per heavy atom. The lowest BCUT2D eigenvalue weighted by Gasteiger charge is -2.19. The number of hydrogen-bond donors (Lipinski definition) is 1. The summed E-state index contributed by atoms with van der Waals surface area (Å²) in [7, 11) is 0. The standard InChI is InChI=1S/C15H22N2O2S.ClH/c1-11-10-13(12(2)20-11)14(18)4-5-15(19)17-8-3-6-16-7-9-17;/h10,16H,3-9H2,1-2H3;1H. The van der Waals surface area contributed by atoms with Crippen LogP contribution in [0.1, 0.15) is 39.4 Å². The SMILES string of the molecule is Cc1cc(C(=O)CCC(=O)N2CCCNCC2)c(C)s1.Cl. The molecule has 1 aromatic heterocycles. The Morgan fingerprint density at radius 2 is 2.00 bits per heavy atom. The molecule has 1 fully saturated rings. The minimum absolute atomic E-state index is 0. The number of hydrogen-bond acceptors (Lipinski definition) is 4. The van der Waals surface area contributed by atoms with E-state index in [1.807, 2.05) is 24.8 Å². The molecule has 0 aromatic carbocycles. The molecular weight excluding hydrogens is 308 g/mol. The number of nitrogens with one attached hydrogen (secondary N) is 1. The van der Waals surface area contributed by atoms with Crippen molar-refractivity contribution in [3.05, 3.63) is 21.4 Å². The highest BCUT2D eigenvalue weighted by Gasteiger charge is 2.18. The second-order valence-electron chi connectivity index (χ2n) is 5.23. The van der Waals surface area contributed by atoms with Gasteiger partial charge in [0.2, 0.25) is 5.91 Å². The summed E-state index contributed by atoms with van der Waals surface area (Å²) in [4.78, 5) is 28.4. The van der Waals surface area contributed by atoms with E-state index in [2.05, 4.69) is 5.32 Å². The highest BCUT2D eigenvalue weighted by atomic mass is 35.5. The Kier molecular flexibility index (Phi) is 7.35. The summed E-state index contributed by atoms with van der Waals surface area (Å²) < 4.78 is 0. The number of nitrogens with zero attached hydrogens (tertiary/aromatic N) is 1. The van der Waals surface area contributed by atoms with Gasteiger partial charge in [0.1, 0.15) is 0 Å². The van der Waals surface area contributed by atoms with Gasteiger partial charge in [-0.3, -0.25) is 9.59 Å². The summed E-state index contributed by atoms with van der Waals surface area (Å²) in [6, 6.07) is 1.93. The quantitative estimate of drug-likeness (QED) is 0.863. The molecule has 4 nitrogen and oxygen atoms in total. The third kappa shape index (κ3) is 5.09. The molecule has 1 amide bonds. The zero-order valence-corrected chi connectivity index (χ0v) is 14.2. The number of carbonyl (C=O) groups is 2. The van der Waals surface area contributed by atoms with E-state index in [9.17, 15) is 9.59 Å². The average molecular weight is 331 g/mol. The van der Waals surface area contributed by atoms with Crippen LogP contribution in [0, 0.1) is 13.8 Å². The number of thiophene rings is 1. The van der Waals surface area contributed by atoms with Crippen LogP contribution in [-0.2, 0) is 4.79 Å². The zero-order chi connectivity index (χ0) is 14.5. The lowest BCUT2D eigenvalue weighted by atomic mass is 10.1. The van der Waals surface area contributed by atoms with Crippen LogP contribution in [0.25, 0.3) is 0 Å². The molecule has 1 aromatic rings. The third-order valence-corrected chi connectivity index (χ3v) is 4.57. The molecule has 1 N–H and O–H groups in total. The van der Waals surface area contributed by atoms with Crippen molar-refractivity contribution >= 4 is 35.4 Å². The smallest absolute Gasteiger partial charge is 0.223 e. The molecule has 0 aliphatic carbocycles. The predicted octanol–water partition coefficient (Wildman–Crippen LogP) is 2.57. The molecule has 1 saturated heterocycles. The van der Waals surface area contributed by atoms with E-state index in [4.69, 9.17) is 0 Å². The largest absolute Gasteiger partial charge is 0.341 e. The van der Waals surface area contributed by atoms with Crippen LogP contribution in [0.4, 0.5) is 0 Å². The maximum atomic E-state index is 12.2. The van der Waals surface area contributed by atoms with Gasteiger partial charge in [0.15, 0.2) is 5.78 Å². The third-order valence-electron chi connectivity index (χ3n) is 3.60. The van der Waals surface area contributed by atoms with Crippen molar-refractivity contribution in [2.75, 3.05) is 26.2 Å². The Hall–Kier alpha value is -0.910. The molecule has 0 spiro atoms. The molecule has 118 valence electrons. The van der Waals surface area contributed by atoms with Gasteiger partial charge in [-0.1, -0.05) is 0 Å². The Bertz CT molecular complexity index is 494. The molecule has 1 aliphatic rings. The lowest BCUT2D eigenvalue weighted by molar-refractivity contribution is -0.130. The van der Waals surface area contributed by atoms with Gasteiger partial charge in [0.05, 0.1) is 0 Å². The Labute approximate surface area is 136 Å². The van der Waals surface area contributed by atoms with E-state index < -0.39 is 0 Å². The van der Waals surface area contributed by atoms with E-state index in [1.165, 1.54) is 0 Å². The number of carbonyl (C=O) groups excluding carboxylic acids is 2. The summed E-state index contributed by atoms with van der Waals surface area (Å²) in [5.41, 5.74) is 0.790. The summed E-state index contributed by atoms with van der Waals surface area (Å²) in [5, 5.41) is 3.27. The molecule has 0 atom stereocenters. The van der Waals surface area contributed by atoms with Crippen molar-refractivity contribution in [3.63, 3.8) is 0 Å². The number of amides is 1. The molecule has 0 bridgehead atoms. The second kappa shape index (κ2) is 8.51. The van der Waals surface area contributed by atoms with Crippen molar-refractivity contribution in [1.82, 2.24) is 10.2 Å². The fourth-order valence-corrected chi connectivity index (χ4v) is 3.46. The van der Waals surface area contributed by atoms with Crippen LogP contribution >= 0.6 is 23.7 Å². The van der Waals surface area contributed by atoms with Crippen LogP contribution in [0.3, 0.4) is 0 Å². The number of ketones is 1. The molecule has 6 heteroatoms. The molecule has 21 heavy (non-hydrogen) atoms. The van der Waals surface area contributed by atoms with Crippen molar-refractivity contribution in [2.45, 2.75) is 33.1 Å². The molecule has 0 unspecified atom stereocenters. The van der Waals surface area contributed by atoms with Gasteiger partial charge in [-0.15, -0.1) is 23.7 Å². The molecular formula is C15H23ClN2O2S. The zero-order valence-electron chi connectivity index (χ0n) is 12.6. The van der Waals surface area contributed by atoms with Crippen LogP contribution in [0.15, 0.2) is 6.07 Å². The highest BCUT2D eigenvalue weighted by molar-refractivity contribution is 7.12. The minimum Gasteiger partial charge on any atom is -0.341 e. The van der Waals surface area contributed by atoms with Gasteiger partial charge < -0.3 is 10.2 Å². The summed E-state index contributed by atoms with van der Waals surface area (Å²) in [5.74, 6) is 0.194. The van der Waals surface area contributed by atoms with E-state index >= 15 is 0 Å². The summed E-state index contributed by atoms with van der Waals surface area (Å²) in [6.45, 7) is 7.34. The topological polar surface area (TPSA) is 49.4 Å². The minimum atomic E-state index is 0. The van der Waals surface area contributed by atoms with Crippen LogP contribution < -0.4 is 5.32 Å². The van der Waals surface area contributed by atoms with Crippen LogP contribution in [0.2, 0.25) is 0 Å². The van der Waals surface area contributed by atoms with Gasteiger partial charge in [-0.2, -0.15) is 0 Å². The van der Waals surface area contributed by atoms with E-state index in [-0.39, 0.29) is 24.1 Å². The van der Waals surface area contributed by atoms with E-state index in [1.54, 1.807) is 11.3 Å². The summed E-state index contributed by atoms with van der Waals surface area (Å²) in [6.07, 6.45) is 1.63. The first kappa shape index (κ1) is 18.1. The van der Waals surface area contributed by atoms with E-state index in [0.717, 1.165) is 47.9 Å². The molecule has 0 saturated carbocycles. The van der Waals surface area contributed by atoms with E-state index in [0.29, 0.717) is 12.8 Å². The number of Topliss-reactive ketones (excluding diaryl/α,β-unsaturated/α-hetero) is 1. The van der Waals surface area contributed by atoms with Gasteiger partial charge in [0, 0.05) is 47.8 Å². The van der Waals surface area contributed by atoms with Gasteiger partial charge in [0.25, 0.3) is 0 Å². The van der Waals surface area contributed by atoms with Crippen molar-refractivity contribution in [2.24, 2.45) is 0 Å². The summed E-state index contributed by atoms with van der Waals surface area (Å²) >= 11 is 1.64. The first-order chi connectivity index (χ1) is 9.58. The van der Waals surface area contributed by atoms with Crippen LogP contribution in [0.5, 0.6) is 0 Å². The maximum absolute atomic E-state index is 12.2. The maximum Gasteiger partial charge on any atom is 0.223 e. The predicted molar refractivity (Wildman–Crippen MR) is 88.7 cm³/mol. The van der Waals surface area contributed by atoms with Crippen LogP contribution in [-0.4, -0.2) is 42.8 Å². The van der Waals surface area contributed by atoms with Gasteiger partial charge >= 0.3 is 0 Å². The van der Waals surface area contributed by atoms with Gasteiger partial charge in [-0.25, -0.2) is 0 Å². The normalized spacial score (nSPS) is 15.2. The molecule has 2 rings (SSSR count). The van der Waals surface area contributed by atoms with Crippen molar-refractivity contribution in [1.29, 1.82) is 0 Å². The fraction of sp³-hybridized carbons (Fsp3) is 0.600. The first-order valence-electron chi connectivity index (χ1n) is 7.16. The Morgan fingerprint density at radius 1 is 1.24 bits per heavy atom. The fourth-order valence-electron chi connectivity index (χ4n) is 2.52. The molecule has 1 aliphatic heterocycles.